The van der Waals surface area contributed by atoms with E-state index in [4.69, 9.17) is 21.1 Å². The van der Waals surface area contributed by atoms with Crippen LogP contribution in [0.3, 0.4) is 0 Å². The normalized spacial score (nSPS) is 19.7. The lowest BCUT2D eigenvalue weighted by atomic mass is 9.82. The number of fused-ring (bicyclic) bond motifs is 4. The smallest absolute Gasteiger partial charge is 0.178 e. The lowest BCUT2D eigenvalue weighted by Crippen LogP contribution is -2.15. The first-order valence-corrected chi connectivity index (χ1v) is 8.68. The third-order valence-corrected chi connectivity index (χ3v) is 5.17. The Labute approximate surface area is 153 Å². The summed E-state index contributed by atoms with van der Waals surface area (Å²) in [5.41, 5.74) is 4.58. The molecule has 1 aliphatic carbocycles. The van der Waals surface area contributed by atoms with Gasteiger partial charge in [-0.15, -0.1) is 0 Å². The molecule has 2 aromatic rings. The van der Waals surface area contributed by atoms with Crippen molar-refractivity contribution in [2.24, 2.45) is 0 Å². The second-order valence-corrected chi connectivity index (χ2v) is 7.19. The second kappa shape index (κ2) is 5.53. The van der Waals surface area contributed by atoms with Crippen molar-refractivity contribution in [2.45, 2.75) is 26.2 Å². The van der Waals surface area contributed by atoms with E-state index in [2.05, 4.69) is 39.5 Å². The lowest BCUT2D eigenvalue weighted by Gasteiger charge is -2.24. The maximum absolute atomic E-state index is 6.25. The van der Waals surface area contributed by atoms with Crippen molar-refractivity contribution in [3.8, 4) is 23.0 Å². The summed E-state index contributed by atoms with van der Waals surface area (Å²) in [6, 6.07) is 9.53. The molecule has 0 spiro atoms. The van der Waals surface area contributed by atoms with Gasteiger partial charge >= 0.3 is 0 Å². The van der Waals surface area contributed by atoms with E-state index in [9.17, 15) is 0 Å². The van der Waals surface area contributed by atoms with Gasteiger partial charge in [0.15, 0.2) is 23.0 Å². The van der Waals surface area contributed by atoms with E-state index in [1.165, 1.54) is 11.1 Å². The van der Waals surface area contributed by atoms with Crippen LogP contribution in [0.25, 0.3) is 5.57 Å². The molecule has 1 aliphatic heterocycles. The minimum absolute atomic E-state index is 0.105. The Morgan fingerprint density at radius 2 is 1.80 bits per heavy atom. The SMILES string of the molecule is C=C/C=C1\C(=C/C)C(C)(C)c2ccc3c(c21)Oc1cc(Cl)ccc1O3. The first-order valence-electron chi connectivity index (χ1n) is 8.30. The maximum atomic E-state index is 6.25. The third-order valence-electron chi connectivity index (χ3n) is 4.94. The van der Waals surface area contributed by atoms with Gasteiger partial charge in [0.1, 0.15) is 0 Å². The zero-order valence-electron chi connectivity index (χ0n) is 14.5. The van der Waals surface area contributed by atoms with Crippen molar-refractivity contribution in [3.05, 3.63) is 76.9 Å². The molecule has 0 saturated heterocycles. The molecular formula is C22H19ClO2. The predicted octanol–water partition coefficient (Wildman–Crippen LogP) is 7.04. The number of benzene rings is 2. The monoisotopic (exact) mass is 350 g/mol. The molecule has 0 amide bonds. The Morgan fingerprint density at radius 1 is 1.04 bits per heavy atom. The van der Waals surface area contributed by atoms with Crippen molar-refractivity contribution in [1.29, 1.82) is 0 Å². The largest absolute Gasteiger partial charge is 0.449 e. The summed E-state index contributed by atoms with van der Waals surface area (Å²) >= 11 is 6.12. The molecule has 0 aromatic heterocycles. The fraction of sp³-hybridized carbons (Fsp3) is 0.182. The van der Waals surface area contributed by atoms with E-state index in [1.807, 2.05) is 24.3 Å². The van der Waals surface area contributed by atoms with Crippen LogP contribution in [0.4, 0.5) is 0 Å². The quantitative estimate of drug-likeness (QED) is 0.468. The first-order chi connectivity index (χ1) is 12.0. The van der Waals surface area contributed by atoms with Crippen molar-refractivity contribution in [3.63, 3.8) is 0 Å². The predicted molar refractivity (Wildman–Crippen MR) is 103 cm³/mol. The average molecular weight is 351 g/mol. The van der Waals surface area contributed by atoms with Crippen molar-refractivity contribution in [2.75, 3.05) is 0 Å². The Morgan fingerprint density at radius 3 is 2.52 bits per heavy atom. The van der Waals surface area contributed by atoms with Crippen LogP contribution < -0.4 is 9.47 Å². The summed E-state index contributed by atoms with van der Waals surface area (Å²) in [6.07, 6.45) is 6.02. The molecule has 0 radical (unpaired) electrons. The van der Waals surface area contributed by atoms with E-state index >= 15 is 0 Å². The van der Waals surface area contributed by atoms with Crippen LogP contribution in [-0.4, -0.2) is 0 Å². The summed E-state index contributed by atoms with van der Waals surface area (Å²) in [5, 5.41) is 0.620. The highest BCUT2D eigenvalue weighted by atomic mass is 35.5. The molecule has 25 heavy (non-hydrogen) atoms. The van der Waals surface area contributed by atoms with Gasteiger partial charge in [0.25, 0.3) is 0 Å². The average Bonchev–Trinajstić information content (AvgIpc) is 2.80. The molecule has 0 saturated carbocycles. The fourth-order valence-electron chi connectivity index (χ4n) is 3.83. The summed E-state index contributed by atoms with van der Waals surface area (Å²) in [4.78, 5) is 0. The molecule has 0 atom stereocenters. The topological polar surface area (TPSA) is 18.5 Å². The third kappa shape index (κ3) is 2.25. The molecule has 0 bridgehead atoms. The summed E-state index contributed by atoms with van der Waals surface area (Å²) in [7, 11) is 0. The van der Waals surface area contributed by atoms with Gasteiger partial charge in [-0.3, -0.25) is 0 Å². The van der Waals surface area contributed by atoms with Gasteiger partial charge in [0.05, 0.1) is 0 Å². The molecular weight excluding hydrogens is 332 g/mol. The van der Waals surface area contributed by atoms with E-state index in [0.717, 1.165) is 22.6 Å². The van der Waals surface area contributed by atoms with Crippen LogP contribution in [-0.2, 0) is 5.41 Å². The molecule has 0 fully saturated rings. The van der Waals surface area contributed by atoms with Gasteiger partial charge in [-0.1, -0.05) is 56.3 Å². The molecule has 3 heteroatoms. The molecule has 0 unspecified atom stereocenters. The van der Waals surface area contributed by atoms with Crippen molar-refractivity contribution >= 4 is 17.2 Å². The Bertz CT molecular complexity index is 964. The summed E-state index contributed by atoms with van der Waals surface area (Å²) in [5.74, 6) is 2.77. The highest BCUT2D eigenvalue weighted by molar-refractivity contribution is 6.30. The second-order valence-electron chi connectivity index (χ2n) is 6.75. The van der Waals surface area contributed by atoms with E-state index < -0.39 is 0 Å². The molecule has 1 heterocycles. The zero-order chi connectivity index (χ0) is 17.8. The van der Waals surface area contributed by atoms with E-state index in [-0.39, 0.29) is 5.41 Å². The van der Waals surface area contributed by atoms with Gasteiger partial charge in [-0.05, 0) is 41.8 Å². The highest BCUT2D eigenvalue weighted by Gasteiger charge is 2.41. The number of ether oxygens (including phenoxy) is 2. The van der Waals surface area contributed by atoms with E-state index in [0.29, 0.717) is 16.5 Å². The van der Waals surface area contributed by atoms with Crippen molar-refractivity contribution in [1.82, 2.24) is 0 Å². The molecule has 0 N–H and O–H groups in total. The first kappa shape index (κ1) is 16.0. The van der Waals surface area contributed by atoms with Crippen molar-refractivity contribution < 1.29 is 9.47 Å². The van der Waals surface area contributed by atoms with Crippen LogP contribution in [0.1, 0.15) is 31.9 Å². The molecule has 2 aliphatic rings. The lowest BCUT2D eigenvalue weighted by molar-refractivity contribution is 0.358. The summed E-state index contributed by atoms with van der Waals surface area (Å²) < 4.78 is 12.3. The molecule has 126 valence electrons. The van der Waals surface area contributed by atoms with Gasteiger partial charge in [0, 0.05) is 22.1 Å². The van der Waals surface area contributed by atoms with Crippen LogP contribution in [0, 0.1) is 0 Å². The van der Waals surface area contributed by atoms with E-state index in [1.54, 1.807) is 12.1 Å². The van der Waals surface area contributed by atoms with Gasteiger partial charge in [0.2, 0.25) is 0 Å². The standard InChI is InChI=1S/C22H19ClO2/c1-5-7-14-15(6-2)22(3,4)16-9-11-18-21(20(14)16)25-19-12-13(23)8-10-17(19)24-18/h5-12H,1H2,2-4H3/b14-7+,15-6+. The van der Waals surface area contributed by atoms with Crippen LogP contribution in [0.2, 0.25) is 5.02 Å². The van der Waals surface area contributed by atoms with Crippen LogP contribution in [0.15, 0.2) is 60.7 Å². The number of hydrogen-bond donors (Lipinski definition) is 0. The van der Waals surface area contributed by atoms with Crippen LogP contribution >= 0.6 is 11.6 Å². The maximum Gasteiger partial charge on any atom is 0.178 e. The minimum Gasteiger partial charge on any atom is -0.449 e. The van der Waals surface area contributed by atoms with Gasteiger partial charge in [-0.2, -0.15) is 0 Å². The number of halogens is 1. The highest BCUT2D eigenvalue weighted by Crippen LogP contribution is 2.58. The molecule has 2 aromatic carbocycles. The Kier molecular flexibility index (Phi) is 3.55. The number of allylic oxidation sites excluding steroid dienone is 5. The molecule has 4 rings (SSSR count). The number of hydrogen-bond acceptors (Lipinski definition) is 2. The van der Waals surface area contributed by atoms with Gasteiger partial charge < -0.3 is 9.47 Å². The van der Waals surface area contributed by atoms with Gasteiger partial charge in [-0.25, -0.2) is 0 Å². The summed E-state index contributed by atoms with van der Waals surface area (Å²) in [6.45, 7) is 10.4. The molecule has 2 nitrogen and oxygen atoms in total. The Hall–Kier alpha value is -2.45. The zero-order valence-corrected chi connectivity index (χ0v) is 15.3. The Balaban J connectivity index is 1.98. The van der Waals surface area contributed by atoms with Crippen LogP contribution in [0.5, 0.6) is 23.0 Å². The fourth-order valence-corrected chi connectivity index (χ4v) is 3.99. The minimum atomic E-state index is -0.105. The number of rotatable bonds is 1.